The minimum Gasteiger partial charge on any atom is -0.206 e. The molecule has 0 aliphatic carbocycles. The first kappa shape index (κ1) is 13.7. The lowest BCUT2D eigenvalue weighted by atomic mass is 9.97. The fourth-order valence-corrected chi connectivity index (χ4v) is 2.96. The molecule has 0 aliphatic rings. The van der Waals surface area contributed by atoms with Gasteiger partial charge in [0.05, 0.1) is 5.39 Å². The van der Waals surface area contributed by atoms with Crippen LogP contribution in [0.1, 0.15) is 16.7 Å². The van der Waals surface area contributed by atoms with E-state index in [4.69, 9.17) is 0 Å². The summed E-state index contributed by atoms with van der Waals surface area (Å²) in [6.07, 6.45) is 0. The number of aryl methyl sites for hydroxylation is 3. The topological polar surface area (TPSA) is 3.88 Å². The van der Waals surface area contributed by atoms with Gasteiger partial charge < -0.3 is 0 Å². The number of aromatic nitrogens is 1. The van der Waals surface area contributed by atoms with Crippen molar-refractivity contribution >= 4 is 10.9 Å². The van der Waals surface area contributed by atoms with E-state index in [1.54, 1.807) is 6.07 Å². The molecule has 0 fully saturated rings. The van der Waals surface area contributed by atoms with Crippen LogP contribution in [0, 0.1) is 26.6 Å². The number of nitrogens with zero attached hydrogens (tertiary/aromatic N) is 1. The lowest BCUT2D eigenvalue weighted by Crippen LogP contribution is -2.32. The zero-order valence-electron chi connectivity index (χ0n) is 12.9. The summed E-state index contributed by atoms with van der Waals surface area (Å²) >= 11 is 0. The Bertz CT molecular complexity index is 850. The predicted octanol–water partition coefficient (Wildman–Crippen LogP) is 4.40. The lowest BCUT2D eigenvalue weighted by Gasteiger charge is -2.10. The number of hydrogen-bond acceptors (Lipinski definition) is 0. The second-order valence-corrected chi connectivity index (χ2v) is 5.70. The Morgan fingerprint density at radius 2 is 1.71 bits per heavy atom. The second-order valence-electron chi connectivity index (χ2n) is 5.70. The van der Waals surface area contributed by atoms with Gasteiger partial charge in [0.15, 0.2) is 0 Å². The van der Waals surface area contributed by atoms with Crippen molar-refractivity contribution < 1.29 is 8.96 Å². The number of hydrogen-bond donors (Lipinski definition) is 0. The van der Waals surface area contributed by atoms with E-state index < -0.39 is 0 Å². The first-order valence-electron chi connectivity index (χ1n) is 7.14. The van der Waals surface area contributed by atoms with Crippen LogP contribution in [0.4, 0.5) is 4.39 Å². The maximum Gasteiger partial charge on any atom is 0.215 e. The Labute approximate surface area is 124 Å². The predicted molar refractivity (Wildman–Crippen MR) is 84.7 cm³/mol. The van der Waals surface area contributed by atoms with Gasteiger partial charge in [0.2, 0.25) is 11.2 Å². The molecule has 0 amide bonds. The van der Waals surface area contributed by atoms with Gasteiger partial charge in [-0.1, -0.05) is 17.7 Å². The van der Waals surface area contributed by atoms with Gasteiger partial charge in [-0.3, -0.25) is 0 Å². The van der Waals surface area contributed by atoms with E-state index >= 15 is 0 Å². The van der Waals surface area contributed by atoms with E-state index in [1.165, 1.54) is 28.3 Å². The third-order valence-corrected chi connectivity index (χ3v) is 4.25. The van der Waals surface area contributed by atoms with E-state index in [-0.39, 0.29) is 5.82 Å². The van der Waals surface area contributed by atoms with Gasteiger partial charge in [-0.25, -0.2) is 4.39 Å². The number of halogens is 1. The number of benzene rings is 2. The van der Waals surface area contributed by atoms with E-state index in [9.17, 15) is 4.39 Å². The number of rotatable bonds is 1. The average molecular weight is 280 g/mol. The monoisotopic (exact) mass is 280 g/mol. The van der Waals surface area contributed by atoms with Crippen molar-refractivity contribution in [2.45, 2.75) is 20.8 Å². The van der Waals surface area contributed by atoms with Crippen LogP contribution in [0.5, 0.6) is 0 Å². The highest BCUT2D eigenvalue weighted by molar-refractivity contribution is 5.78. The molecule has 3 rings (SSSR count). The molecule has 2 heteroatoms. The molecular weight excluding hydrogens is 261 g/mol. The van der Waals surface area contributed by atoms with Crippen molar-refractivity contribution in [3.05, 3.63) is 65.0 Å². The summed E-state index contributed by atoms with van der Waals surface area (Å²) in [6.45, 7) is 6.38. The zero-order valence-corrected chi connectivity index (χ0v) is 12.9. The summed E-state index contributed by atoms with van der Waals surface area (Å²) < 4.78 is 16.0. The van der Waals surface area contributed by atoms with E-state index in [0.29, 0.717) is 5.39 Å². The van der Waals surface area contributed by atoms with Crippen molar-refractivity contribution in [1.29, 1.82) is 0 Å². The molecule has 0 radical (unpaired) electrons. The molecule has 1 aromatic heterocycles. The molecule has 3 aromatic rings. The molecule has 1 heterocycles. The highest BCUT2D eigenvalue weighted by Gasteiger charge is 2.18. The minimum absolute atomic E-state index is 0.174. The molecule has 0 N–H and O–H groups in total. The van der Waals surface area contributed by atoms with Gasteiger partial charge in [0.1, 0.15) is 12.9 Å². The Balaban J connectivity index is 2.34. The second kappa shape index (κ2) is 4.96. The van der Waals surface area contributed by atoms with Crippen LogP contribution in [0.25, 0.3) is 22.2 Å². The molecule has 21 heavy (non-hydrogen) atoms. The van der Waals surface area contributed by atoms with Crippen LogP contribution in [0.15, 0.2) is 42.5 Å². The molecule has 0 saturated heterocycles. The van der Waals surface area contributed by atoms with Crippen LogP contribution in [-0.4, -0.2) is 0 Å². The summed E-state index contributed by atoms with van der Waals surface area (Å²) in [5.74, 6) is -0.174. The summed E-state index contributed by atoms with van der Waals surface area (Å²) in [5, 5.41) is 0.658. The maximum atomic E-state index is 13.9. The van der Waals surface area contributed by atoms with Crippen LogP contribution < -0.4 is 4.57 Å². The van der Waals surface area contributed by atoms with Crippen molar-refractivity contribution in [2.24, 2.45) is 7.05 Å². The molecule has 0 bridgehead atoms. The smallest absolute Gasteiger partial charge is 0.206 e. The van der Waals surface area contributed by atoms with Gasteiger partial charge in [0, 0.05) is 17.7 Å². The maximum absolute atomic E-state index is 13.9. The molecule has 0 spiro atoms. The Hall–Kier alpha value is -2.22. The Morgan fingerprint density at radius 3 is 2.48 bits per heavy atom. The standard InChI is InChI=1S/C19H19FN/c1-12-10-13(2)14(3)16(11-12)19-9-8-15-17(20)6-5-7-18(15)21(19)4/h5-11H,1-4H3/q+1. The van der Waals surface area contributed by atoms with Gasteiger partial charge in [-0.2, -0.15) is 4.57 Å². The van der Waals surface area contributed by atoms with Gasteiger partial charge in [-0.15, -0.1) is 0 Å². The lowest BCUT2D eigenvalue weighted by molar-refractivity contribution is -0.633. The summed E-state index contributed by atoms with van der Waals surface area (Å²) in [6, 6.07) is 13.5. The van der Waals surface area contributed by atoms with Crippen molar-refractivity contribution in [3.63, 3.8) is 0 Å². The average Bonchev–Trinajstić information content (AvgIpc) is 2.44. The number of fused-ring (bicyclic) bond motifs is 1. The zero-order chi connectivity index (χ0) is 15.1. The normalized spacial score (nSPS) is 11.1. The fraction of sp³-hybridized carbons (Fsp3) is 0.211. The van der Waals surface area contributed by atoms with Gasteiger partial charge in [0.25, 0.3) is 0 Å². The summed E-state index contributed by atoms with van der Waals surface area (Å²) in [4.78, 5) is 0. The Morgan fingerprint density at radius 1 is 0.952 bits per heavy atom. The third kappa shape index (κ3) is 2.21. The summed E-state index contributed by atoms with van der Waals surface area (Å²) in [7, 11) is 1.99. The molecule has 0 unspecified atom stereocenters. The molecule has 0 aliphatic heterocycles. The molecule has 1 nitrogen and oxygen atoms in total. The Kier molecular flexibility index (Phi) is 3.25. The van der Waals surface area contributed by atoms with E-state index in [0.717, 1.165) is 11.2 Å². The molecule has 0 atom stereocenters. The van der Waals surface area contributed by atoms with Crippen LogP contribution >= 0.6 is 0 Å². The van der Waals surface area contributed by atoms with E-state index in [1.807, 2.05) is 25.2 Å². The van der Waals surface area contributed by atoms with Crippen molar-refractivity contribution in [3.8, 4) is 11.3 Å². The fourth-order valence-electron chi connectivity index (χ4n) is 2.96. The first-order valence-corrected chi connectivity index (χ1v) is 7.14. The van der Waals surface area contributed by atoms with Crippen molar-refractivity contribution in [1.82, 2.24) is 0 Å². The van der Waals surface area contributed by atoms with Crippen LogP contribution in [-0.2, 0) is 7.05 Å². The molecular formula is C19H19FN+. The quantitative estimate of drug-likeness (QED) is 0.582. The third-order valence-electron chi connectivity index (χ3n) is 4.25. The van der Waals surface area contributed by atoms with E-state index in [2.05, 4.69) is 37.5 Å². The van der Waals surface area contributed by atoms with Gasteiger partial charge >= 0.3 is 0 Å². The molecule has 106 valence electrons. The highest BCUT2D eigenvalue weighted by Crippen LogP contribution is 2.26. The van der Waals surface area contributed by atoms with Crippen LogP contribution in [0.2, 0.25) is 0 Å². The molecule has 0 saturated carbocycles. The minimum atomic E-state index is -0.174. The SMILES string of the molecule is Cc1cc(C)c(C)c(-c2ccc3c(F)cccc3[n+]2C)c1. The van der Waals surface area contributed by atoms with Crippen molar-refractivity contribution in [2.75, 3.05) is 0 Å². The highest BCUT2D eigenvalue weighted by atomic mass is 19.1. The first-order chi connectivity index (χ1) is 9.99. The molecule has 2 aromatic carbocycles. The van der Waals surface area contributed by atoms with Crippen LogP contribution in [0.3, 0.4) is 0 Å². The number of pyridine rings is 1. The van der Waals surface area contributed by atoms with Gasteiger partial charge in [-0.05, 0) is 50.1 Å². The largest absolute Gasteiger partial charge is 0.215 e. The summed E-state index contributed by atoms with van der Waals surface area (Å²) in [5.41, 5.74) is 7.02.